The average Bonchev–Trinajstić information content (AvgIpc) is 3.35. The topological polar surface area (TPSA) is 115 Å². The molecule has 4 aliphatic rings. The van der Waals surface area contributed by atoms with Crippen molar-refractivity contribution in [3.63, 3.8) is 0 Å². The average molecular weight is 552 g/mol. The summed E-state index contributed by atoms with van der Waals surface area (Å²) in [6.07, 6.45) is 6.19. The minimum absolute atomic E-state index is 0.0378. The van der Waals surface area contributed by atoms with Crippen LogP contribution in [0.25, 0.3) is 0 Å². The number of nitrogens with one attached hydrogen (secondary N) is 2. The highest BCUT2D eigenvalue weighted by atomic mass is 32.2. The fourth-order valence-corrected chi connectivity index (χ4v) is 7.65. The lowest BCUT2D eigenvalue weighted by atomic mass is 9.87. The first-order valence-electron chi connectivity index (χ1n) is 13.8. The number of ether oxygens (including phenoxy) is 1. The van der Waals surface area contributed by atoms with Crippen LogP contribution in [0.1, 0.15) is 41.9 Å². The lowest BCUT2D eigenvalue weighted by molar-refractivity contribution is -0.125. The molecule has 2 aromatic rings. The highest BCUT2D eigenvalue weighted by Gasteiger charge is 2.33. The van der Waals surface area contributed by atoms with Crippen molar-refractivity contribution in [2.75, 3.05) is 61.0 Å². The first-order chi connectivity index (χ1) is 18.8. The van der Waals surface area contributed by atoms with Gasteiger partial charge in [0.05, 0.1) is 11.3 Å². The van der Waals surface area contributed by atoms with E-state index in [1.165, 1.54) is 11.6 Å². The largest absolute Gasteiger partial charge is 0.486 e. The zero-order valence-corrected chi connectivity index (χ0v) is 23.3. The van der Waals surface area contributed by atoms with E-state index in [2.05, 4.69) is 50.7 Å². The monoisotopic (exact) mass is 551 g/mol. The van der Waals surface area contributed by atoms with E-state index in [1.54, 1.807) is 6.33 Å². The lowest BCUT2D eigenvalue weighted by Gasteiger charge is -2.36. The lowest BCUT2D eigenvalue weighted by Crippen LogP contribution is -2.43. The molecule has 0 radical (unpaired) electrons. The molecule has 0 saturated carbocycles. The number of anilines is 3. The summed E-state index contributed by atoms with van der Waals surface area (Å²) in [7, 11) is -2.49. The molecule has 3 fully saturated rings. The minimum atomic E-state index is -2.49. The number of carbonyl (C=O) groups excluding carboxylic acids is 1. The quantitative estimate of drug-likeness (QED) is 0.557. The molecule has 0 aliphatic carbocycles. The SMILES string of the molecule is C=CC(=O)N1CCC(N2CCC(c3cc(C)c4c(c3)Nc3ncnc(N5CCS(=N)(=O)CC5)c3CO4)CC2)C1. The molecule has 6 rings (SSSR count). The van der Waals surface area contributed by atoms with Gasteiger partial charge in [-0.2, -0.15) is 0 Å². The molecular weight excluding hydrogens is 514 g/mol. The number of piperidine rings is 1. The molecule has 11 heteroatoms. The Labute approximate surface area is 230 Å². The van der Waals surface area contributed by atoms with Crippen molar-refractivity contribution in [3.05, 3.63) is 47.8 Å². The molecular formula is C28H37N7O3S. The Hall–Kier alpha value is -3.18. The Morgan fingerprint density at radius 2 is 1.92 bits per heavy atom. The van der Waals surface area contributed by atoms with Gasteiger partial charge < -0.3 is 19.9 Å². The summed E-state index contributed by atoms with van der Waals surface area (Å²) in [5.41, 5.74) is 4.23. The number of rotatable bonds is 4. The number of nitrogens with zero attached hydrogens (tertiary/aromatic N) is 5. The van der Waals surface area contributed by atoms with Crippen molar-refractivity contribution in [1.29, 1.82) is 4.78 Å². The minimum Gasteiger partial charge on any atom is -0.486 e. The maximum absolute atomic E-state index is 12.2. The molecule has 39 heavy (non-hydrogen) atoms. The van der Waals surface area contributed by atoms with Crippen LogP contribution in [0.2, 0.25) is 0 Å². The van der Waals surface area contributed by atoms with Gasteiger partial charge in [-0.05, 0) is 68.5 Å². The fraction of sp³-hybridized carbons (Fsp3) is 0.536. The van der Waals surface area contributed by atoms with E-state index >= 15 is 0 Å². The van der Waals surface area contributed by atoms with Gasteiger partial charge in [0, 0.05) is 53.5 Å². The number of benzene rings is 1. The Morgan fingerprint density at radius 3 is 2.67 bits per heavy atom. The van der Waals surface area contributed by atoms with Crippen LogP contribution in [0, 0.1) is 11.7 Å². The van der Waals surface area contributed by atoms with Gasteiger partial charge >= 0.3 is 0 Å². The molecule has 1 aromatic heterocycles. The number of likely N-dealkylation sites (tertiary alicyclic amines) is 2. The van der Waals surface area contributed by atoms with Gasteiger partial charge in [-0.3, -0.25) is 14.5 Å². The summed E-state index contributed by atoms with van der Waals surface area (Å²) in [6, 6.07) is 4.92. The number of fused-ring (bicyclic) bond motifs is 2. The van der Waals surface area contributed by atoms with Crippen molar-refractivity contribution in [3.8, 4) is 5.75 Å². The molecule has 5 heterocycles. The van der Waals surface area contributed by atoms with E-state index in [9.17, 15) is 9.00 Å². The maximum Gasteiger partial charge on any atom is 0.246 e. The zero-order valence-electron chi connectivity index (χ0n) is 22.5. The second kappa shape index (κ2) is 10.4. The van der Waals surface area contributed by atoms with Crippen LogP contribution >= 0.6 is 0 Å². The third-order valence-corrected chi connectivity index (χ3v) is 10.4. The van der Waals surface area contributed by atoms with Crippen molar-refractivity contribution in [2.24, 2.45) is 0 Å². The summed E-state index contributed by atoms with van der Waals surface area (Å²) in [5.74, 6) is 3.59. The third-order valence-electron chi connectivity index (χ3n) is 8.68. The molecule has 1 atom stereocenters. The van der Waals surface area contributed by atoms with Crippen molar-refractivity contribution in [1.82, 2.24) is 19.8 Å². The molecule has 1 unspecified atom stereocenters. The molecule has 10 nitrogen and oxygen atoms in total. The first-order valence-corrected chi connectivity index (χ1v) is 15.7. The Bertz CT molecular complexity index is 1370. The van der Waals surface area contributed by atoms with Crippen LogP contribution in [0.15, 0.2) is 31.1 Å². The van der Waals surface area contributed by atoms with Crippen LogP contribution in [0.4, 0.5) is 17.3 Å². The van der Waals surface area contributed by atoms with Gasteiger partial charge in [0.25, 0.3) is 0 Å². The van der Waals surface area contributed by atoms with E-state index in [-0.39, 0.29) is 5.91 Å². The van der Waals surface area contributed by atoms with Crippen LogP contribution in [0.5, 0.6) is 5.75 Å². The maximum atomic E-state index is 12.2. The van der Waals surface area contributed by atoms with Crippen LogP contribution < -0.4 is 15.0 Å². The molecule has 1 aromatic carbocycles. The third kappa shape index (κ3) is 5.21. The Morgan fingerprint density at radius 1 is 1.15 bits per heavy atom. The number of aromatic nitrogens is 2. The van der Waals surface area contributed by atoms with E-state index in [4.69, 9.17) is 9.52 Å². The predicted molar refractivity (Wildman–Crippen MR) is 152 cm³/mol. The molecule has 1 amide bonds. The summed E-state index contributed by atoms with van der Waals surface area (Å²) >= 11 is 0. The second-order valence-corrected chi connectivity index (χ2v) is 13.5. The molecule has 0 bridgehead atoms. The smallest absolute Gasteiger partial charge is 0.246 e. The van der Waals surface area contributed by atoms with Crippen molar-refractivity contribution in [2.45, 2.75) is 44.8 Å². The Kier molecular flexibility index (Phi) is 6.96. The van der Waals surface area contributed by atoms with Gasteiger partial charge in [-0.15, -0.1) is 0 Å². The standard InChI is InChI=1S/C28H37N7O3S/c1-3-25(36)35-9-6-22(16-35)33-7-4-20(5-8-33)21-14-19(2)26-24(15-21)32-27-23(17-38-26)28(31-18-30-27)34-10-12-39(29,37)13-11-34/h3,14-15,18,20,22,29H,1,4-13,16-17H2,2H3,(H,30,31,32). The van der Waals surface area contributed by atoms with E-state index in [0.29, 0.717) is 43.2 Å². The van der Waals surface area contributed by atoms with E-state index in [0.717, 1.165) is 79.6 Å². The van der Waals surface area contributed by atoms with Crippen LogP contribution in [-0.2, 0) is 21.1 Å². The number of amides is 1. The van der Waals surface area contributed by atoms with Crippen LogP contribution in [-0.4, -0.2) is 86.7 Å². The van der Waals surface area contributed by atoms with Crippen molar-refractivity contribution >= 4 is 33.0 Å². The predicted octanol–water partition coefficient (Wildman–Crippen LogP) is 3.25. The molecule has 3 saturated heterocycles. The molecule has 4 aliphatic heterocycles. The molecule has 208 valence electrons. The van der Waals surface area contributed by atoms with Gasteiger partial charge in [0.1, 0.15) is 30.3 Å². The van der Waals surface area contributed by atoms with Crippen molar-refractivity contribution < 1.29 is 13.7 Å². The molecule has 0 spiro atoms. The summed E-state index contributed by atoms with van der Waals surface area (Å²) in [5, 5.41) is 3.54. The zero-order chi connectivity index (χ0) is 27.1. The highest BCUT2D eigenvalue weighted by molar-refractivity contribution is 7.92. The van der Waals surface area contributed by atoms with E-state index < -0.39 is 9.73 Å². The Balaban J connectivity index is 1.16. The van der Waals surface area contributed by atoms with Gasteiger partial charge in [0.15, 0.2) is 0 Å². The molecule has 2 N–H and O–H groups in total. The van der Waals surface area contributed by atoms with E-state index in [1.807, 2.05) is 4.90 Å². The number of hydrogen-bond acceptors (Lipinski definition) is 9. The normalized spacial score (nSPS) is 23.3. The van der Waals surface area contributed by atoms with Gasteiger partial charge in [-0.25, -0.2) is 14.2 Å². The summed E-state index contributed by atoms with van der Waals surface area (Å²) < 4.78 is 26.4. The summed E-state index contributed by atoms with van der Waals surface area (Å²) in [4.78, 5) is 27.7. The number of aryl methyl sites for hydroxylation is 1. The highest BCUT2D eigenvalue weighted by Crippen LogP contribution is 2.41. The van der Waals surface area contributed by atoms with Gasteiger partial charge in [-0.1, -0.05) is 12.6 Å². The number of hydrogen-bond donors (Lipinski definition) is 2. The number of carbonyl (C=O) groups is 1. The second-order valence-electron chi connectivity index (χ2n) is 11.1. The van der Waals surface area contributed by atoms with Crippen LogP contribution in [0.3, 0.4) is 0 Å². The first kappa shape index (κ1) is 26.1. The fourth-order valence-electron chi connectivity index (χ4n) is 6.42. The summed E-state index contributed by atoms with van der Waals surface area (Å²) in [6.45, 7) is 10.9. The van der Waals surface area contributed by atoms with Gasteiger partial charge in [0.2, 0.25) is 5.91 Å².